The lowest BCUT2D eigenvalue weighted by Crippen LogP contribution is -2.27. The highest BCUT2D eigenvalue weighted by Crippen LogP contribution is 2.32. The number of anilines is 1. The zero-order chi connectivity index (χ0) is 21.8. The molecule has 0 spiro atoms. The number of aromatic nitrogens is 4. The number of hydrogen-bond acceptors (Lipinski definition) is 8. The molecular formula is C21H26N6O3S. The Bertz CT molecular complexity index is 1080. The van der Waals surface area contributed by atoms with E-state index < -0.39 is 0 Å². The number of carbonyl (C=O) groups excluding carboxylic acids is 1. The third-order valence-corrected chi connectivity index (χ3v) is 5.47. The Hall–Kier alpha value is -3.01. The van der Waals surface area contributed by atoms with Crippen molar-refractivity contribution in [3.63, 3.8) is 0 Å². The second-order valence-electron chi connectivity index (χ2n) is 7.38. The molecule has 3 heterocycles. The molecule has 1 aliphatic heterocycles. The van der Waals surface area contributed by atoms with Crippen molar-refractivity contribution < 1.29 is 14.3 Å². The molecule has 3 aromatic rings. The topological polar surface area (TPSA) is 103 Å². The molecule has 0 unspecified atom stereocenters. The van der Waals surface area contributed by atoms with Crippen molar-refractivity contribution >= 4 is 34.5 Å². The van der Waals surface area contributed by atoms with Crippen molar-refractivity contribution in [3.05, 3.63) is 30.0 Å². The van der Waals surface area contributed by atoms with Crippen LogP contribution in [-0.2, 0) is 6.54 Å². The van der Waals surface area contributed by atoms with E-state index in [0.29, 0.717) is 40.6 Å². The third kappa shape index (κ3) is 4.84. The molecule has 0 atom stereocenters. The quantitative estimate of drug-likeness (QED) is 0.384. The Morgan fingerprint density at radius 3 is 2.87 bits per heavy atom. The molecule has 0 saturated heterocycles. The Morgan fingerprint density at radius 2 is 2.06 bits per heavy atom. The Morgan fingerprint density at radius 1 is 1.23 bits per heavy atom. The molecule has 2 aromatic heterocycles. The molecule has 2 N–H and O–H groups in total. The van der Waals surface area contributed by atoms with Gasteiger partial charge in [0.2, 0.25) is 6.79 Å². The van der Waals surface area contributed by atoms with Gasteiger partial charge in [0.25, 0.3) is 5.91 Å². The van der Waals surface area contributed by atoms with E-state index in [9.17, 15) is 4.79 Å². The summed E-state index contributed by atoms with van der Waals surface area (Å²) in [7, 11) is 0. The smallest absolute Gasteiger partial charge is 0.251 e. The predicted octanol–water partition coefficient (Wildman–Crippen LogP) is 3.31. The van der Waals surface area contributed by atoms with Crippen LogP contribution in [0.4, 0.5) is 5.82 Å². The molecule has 0 fully saturated rings. The number of carbonyl (C=O) groups is 1. The largest absolute Gasteiger partial charge is 0.454 e. The van der Waals surface area contributed by atoms with Crippen molar-refractivity contribution in [3.8, 4) is 11.5 Å². The van der Waals surface area contributed by atoms with Crippen LogP contribution in [-0.4, -0.2) is 50.8 Å². The van der Waals surface area contributed by atoms with Crippen molar-refractivity contribution in [2.75, 3.05) is 25.2 Å². The first-order valence-corrected chi connectivity index (χ1v) is 11.2. The molecule has 4 rings (SSSR count). The minimum absolute atomic E-state index is 0.175. The summed E-state index contributed by atoms with van der Waals surface area (Å²) in [5.74, 6) is 1.86. The lowest BCUT2D eigenvalue weighted by molar-refractivity contribution is 0.0951. The van der Waals surface area contributed by atoms with Crippen molar-refractivity contribution in [1.82, 2.24) is 25.1 Å². The van der Waals surface area contributed by atoms with Crippen LogP contribution in [0.25, 0.3) is 11.0 Å². The number of amides is 1. The van der Waals surface area contributed by atoms with Gasteiger partial charge in [-0.2, -0.15) is 5.10 Å². The minimum Gasteiger partial charge on any atom is -0.454 e. The van der Waals surface area contributed by atoms with Crippen molar-refractivity contribution in [2.24, 2.45) is 0 Å². The van der Waals surface area contributed by atoms with Crippen LogP contribution in [0.1, 0.15) is 37.6 Å². The Balaban J connectivity index is 1.47. The van der Waals surface area contributed by atoms with E-state index in [1.807, 2.05) is 0 Å². The van der Waals surface area contributed by atoms with Gasteiger partial charge in [-0.15, -0.1) is 0 Å². The van der Waals surface area contributed by atoms with Gasteiger partial charge in [0.1, 0.15) is 5.82 Å². The van der Waals surface area contributed by atoms with E-state index in [2.05, 4.69) is 41.5 Å². The molecule has 1 aliphatic rings. The highest BCUT2D eigenvalue weighted by Gasteiger charge is 2.17. The highest BCUT2D eigenvalue weighted by molar-refractivity contribution is 7.99. The molecule has 31 heavy (non-hydrogen) atoms. The second kappa shape index (κ2) is 9.42. The number of rotatable bonds is 9. The van der Waals surface area contributed by atoms with E-state index in [1.165, 1.54) is 0 Å². The first-order chi connectivity index (χ1) is 15.0. The molecule has 0 bridgehead atoms. The average molecular weight is 443 g/mol. The fraction of sp³-hybridized carbons (Fsp3) is 0.429. The van der Waals surface area contributed by atoms with Crippen LogP contribution in [0.15, 0.2) is 29.6 Å². The molecular weight excluding hydrogens is 416 g/mol. The molecule has 1 aromatic carbocycles. The number of hydrogen-bond donors (Lipinski definition) is 2. The van der Waals surface area contributed by atoms with Crippen LogP contribution >= 0.6 is 11.8 Å². The number of benzene rings is 1. The van der Waals surface area contributed by atoms with E-state index in [0.717, 1.165) is 29.8 Å². The number of nitrogens with one attached hydrogen (secondary N) is 2. The van der Waals surface area contributed by atoms with Gasteiger partial charge in [-0.05, 0) is 24.6 Å². The Kier molecular flexibility index (Phi) is 6.45. The van der Waals surface area contributed by atoms with Gasteiger partial charge in [0.15, 0.2) is 22.3 Å². The summed E-state index contributed by atoms with van der Waals surface area (Å²) in [6, 6.07) is 5.16. The maximum Gasteiger partial charge on any atom is 0.251 e. The summed E-state index contributed by atoms with van der Waals surface area (Å²) in [4.78, 5) is 21.9. The summed E-state index contributed by atoms with van der Waals surface area (Å²) in [6.45, 7) is 8.26. The maximum absolute atomic E-state index is 12.5. The Labute approximate surface area is 184 Å². The normalized spacial score (nSPS) is 12.5. The minimum atomic E-state index is -0.175. The fourth-order valence-corrected chi connectivity index (χ4v) is 3.86. The standard InChI is InChI=1S/C21H26N6O3S/c1-4-7-22-18-15-11-24-27(19(15)26-21(25-18)31-13(2)3)9-8-23-20(28)14-5-6-16-17(10-14)30-12-29-16/h5-6,10-11,13H,4,7-9,12H2,1-3H3,(H,23,28)(H,22,25,26). The summed E-state index contributed by atoms with van der Waals surface area (Å²) in [5, 5.41) is 12.7. The maximum atomic E-state index is 12.5. The molecule has 10 heteroatoms. The van der Waals surface area contributed by atoms with E-state index in [4.69, 9.17) is 14.5 Å². The van der Waals surface area contributed by atoms with Gasteiger partial charge in [-0.3, -0.25) is 4.79 Å². The zero-order valence-corrected chi connectivity index (χ0v) is 18.7. The molecule has 0 saturated carbocycles. The van der Waals surface area contributed by atoms with Gasteiger partial charge >= 0.3 is 0 Å². The molecule has 0 aliphatic carbocycles. The number of fused-ring (bicyclic) bond motifs is 2. The lowest BCUT2D eigenvalue weighted by atomic mass is 10.2. The highest BCUT2D eigenvalue weighted by atomic mass is 32.2. The summed E-state index contributed by atoms with van der Waals surface area (Å²) < 4.78 is 12.4. The SMILES string of the molecule is CCCNc1nc(SC(C)C)nc2c1cnn2CCNC(=O)c1ccc2c(c1)OCO2. The van der Waals surface area contributed by atoms with Gasteiger partial charge < -0.3 is 20.1 Å². The fourth-order valence-electron chi connectivity index (χ4n) is 3.16. The first kappa shape index (κ1) is 21.2. The van der Waals surface area contributed by atoms with Gasteiger partial charge in [0, 0.05) is 23.9 Å². The van der Waals surface area contributed by atoms with Crippen molar-refractivity contribution in [1.29, 1.82) is 0 Å². The van der Waals surface area contributed by atoms with Crippen molar-refractivity contribution in [2.45, 2.75) is 44.1 Å². The monoisotopic (exact) mass is 442 g/mol. The number of ether oxygens (including phenoxy) is 2. The van der Waals surface area contributed by atoms with Crippen LogP contribution in [0.5, 0.6) is 11.5 Å². The van der Waals surface area contributed by atoms with Crippen LogP contribution in [0.3, 0.4) is 0 Å². The predicted molar refractivity (Wildman–Crippen MR) is 120 cm³/mol. The summed E-state index contributed by atoms with van der Waals surface area (Å²) in [6.07, 6.45) is 2.77. The third-order valence-electron chi connectivity index (χ3n) is 4.60. The summed E-state index contributed by atoms with van der Waals surface area (Å²) >= 11 is 1.61. The van der Waals surface area contributed by atoms with Crippen LogP contribution < -0.4 is 20.1 Å². The van der Waals surface area contributed by atoms with Crippen LogP contribution in [0, 0.1) is 0 Å². The summed E-state index contributed by atoms with van der Waals surface area (Å²) in [5.41, 5.74) is 1.28. The number of thioether (sulfide) groups is 1. The molecule has 9 nitrogen and oxygen atoms in total. The molecule has 1 amide bonds. The number of nitrogens with zero attached hydrogens (tertiary/aromatic N) is 4. The molecule has 0 radical (unpaired) electrons. The molecule has 164 valence electrons. The average Bonchev–Trinajstić information content (AvgIpc) is 3.38. The van der Waals surface area contributed by atoms with Crippen LogP contribution in [0.2, 0.25) is 0 Å². The zero-order valence-electron chi connectivity index (χ0n) is 17.8. The first-order valence-electron chi connectivity index (χ1n) is 10.4. The van der Waals surface area contributed by atoms with Gasteiger partial charge in [0.05, 0.1) is 18.1 Å². The van der Waals surface area contributed by atoms with E-state index in [1.54, 1.807) is 40.8 Å². The second-order valence-corrected chi connectivity index (χ2v) is 8.92. The van der Waals surface area contributed by atoms with E-state index >= 15 is 0 Å². The van der Waals surface area contributed by atoms with E-state index in [-0.39, 0.29) is 12.7 Å². The van der Waals surface area contributed by atoms with Gasteiger partial charge in [-0.25, -0.2) is 14.6 Å². The lowest BCUT2D eigenvalue weighted by Gasteiger charge is -2.10. The van der Waals surface area contributed by atoms with Gasteiger partial charge in [-0.1, -0.05) is 32.5 Å².